The second-order valence-corrected chi connectivity index (χ2v) is 8.91. The molecule has 3 fully saturated rings. The van der Waals surface area contributed by atoms with Crippen molar-refractivity contribution in [3.05, 3.63) is 0 Å². The van der Waals surface area contributed by atoms with Gasteiger partial charge < -0.3 is 4.74 Å². The van der Waals surface area contributed by atoms with Gasteiger partial charge in [-0.25, -0.2) is 13.1 Å². The third kappa shape index (κ3) is 2.97. The number of fused-ring (bicyclic) bond motifs is 2. The zero-order valence-corrected chi connectivity index (χ0v) is 13.4. The van der Waals surface area contributed by atoms with Crippen molar-refractivity contribution in [3.8, 4) is 0 Å². The quantitative estimate of drug-likeness (QED) is 0.784. The molecule has 1 N–H and O–H groups in total. The molecular formula is C15H25NO4S. The summed E-state index contributed by atoms with van der Waals surface area (Å²) in [5, 5.41) is -0.608. The maximum Gasteiger partial charge on any atom is 0.310 e. The molecule has 21 heavy (non-hydrogen) atoms. The second-order valence-electron chi connectivity index (χ2n) is 6.93. The summed E-state index contributed by atoms with van der Waals surface area (Å²) in [4.78, 5) is 11.7. The van der Waals surface area contributed by atoms with E-state index < -0.39 is 21.2 Å². The van der Waals surface area contributed by atoms with Gasteiger partial charge in [0.15, 0.2) is 0 Å². The van der Waals surface area contributed by atoms with Crippen molar-refractivity contribution in [1.29, 1.82) is 0 Å². The Morgan fingerprint density at radius 2 is 2.00 bits per heavy atom. The van der Waals surface area contributed by atoms with E-state index >= 15 is 0 Å². The van der Waals surface area contributed by atoms with E-state index in [0.717, 1.165) is 18.8 Å². The highest BCUT2D eigenvalue weighted by molar-refractivity contribution is 7.90. The molecule has 3 aliphatic carbocycles. The average Bonchev–Trinajstić information content (AvgIpc) is 3.19. The topological polar surface area (TPSA) is 72.5 Å². The summed E-state index contributed by atoms with van der Waals surface area (Å²) in [7, 11) is -2.09. The highest BCUT2D eigenvalue weighted by Gasteiger charge is 2.44. The van der Waals surface area contributed by atoms with E-state index in [4.69, 9.17) is 4.74 Å². The number of rotatable bonds is 5. The minimum absolute atomic E-state index is 0.386. The number of methoxy groups -OCH3 is 1. The van der Waals surface area contributed by atoms with Crippen LogP contribution in [0.1, 0.15) is 44.9 Å². The molecular weight excluding hydrogens is 290 g/mol. The molecule has 0 aromatic heterocycles. The molecule has 3 aliphatic rings. The van der Waals surface area contributed by atoms with Crippen LogP contribution in [-0.2, 0) is 19.6 Å². The van der Waals surface area contributed by atoms with Gasteiger partial charge in [-0.3, -0.25) is 4.79 Å². The van der Waals surface area contributed by atoms with E-state index in [1.165, 1.54) is 26.4 Å². The Morgan fingerprint density at radius 1 is 1.19 bits per heavy atom. The second kappa shape index (κ2) is 5.88. The van der Waals surface area contributed by atoms with Gasteiger partial charge in [-0.2, -0.15) is 0 Å². The van der Waals surface area contributed by atoms with Gasteiger partial charge in [-0.05, 0) is 49.9 Å². The molecule has 5 atom stereocenters. The zero-order chi connectivity index (χ0) is 15.0. The molecule has 2 bridgehead atoms. The number of hydrogen-bond acceptors (Lipinski definition) is 4. The fraction of sp³-hybridized carbons (Fsp3) is 0.933. The van der Waals surface area contributed by atoms with Crippen molar-refractivity contribution in [2.24, 2.45) is 23.7 Å². The fourth-order valence-corrected chi connectivity index (χ4v) is 6.49. The van der Waals surface area contributed by atoms with Crippen LogP contribution in [0.4, 0.5) is 0 Å². The molecule has 0 spiro atoms. The normalized spacial score (nSPS) is 38.8. The maximum absolute atomic E-state index is 12.5. The molecule has 0 saturated heterocycles. The molecule has 0 aromatic rings. The van der Waals surface area contributed by atoms with Crippen molar-refractivity contribution in [2.45, 2.75) is 50.2 Å². The van der Waals surface area contributed by atoms with Crippen LogP contribution in [0.2, 0.25) is 0 Å². The number of esters is 1. The van der Waals surface area contributed by atoms with Crippen LogP contribution in [0.25, 0.3) is 0 Å². The lowest BCUT2D eigenvalue weighted by Crippen LogP contribution is -2.41. The van der Waals surface area contributed by atoms with Crippen molar-refractivity contribution in [2.75, 3.05) is 13.7 Å². The summed E-state index contributed by atoms with van der Waals surface area (Å²) in [6, 6.07) is 0. The highest BCUT2D eigenvalue weighted by atomic mass is 32.2. The summed E-state index contributed by atoms with van der Waals surface area (Å²) < 4.78 is 32.6. The summed E-state index contributed by atoms with van der Waals surface area (Å²) >= 11 is 0. The molecule has 3 saturated carbocycles. The molecule has 0 radical (unpaired) electrons. The van der Waals surface area contributed by atoms with Gasteiger partial charge in [-0.1, -0.05) is 12.8 Å². The van der Waals surface area contributed by atoms with Gasteiger partial charge in [0.1, 0.15) is 0 Å². The van der Waals surface area contributed by atoms with Crippen LogP contribution in [0, 0.1) is 23.7 Å². The summed E-state index contributed by atoms with van der Waals surface area (Å²) in [6.45, 7) is 0.549. The van der Waals surface area contributed by atoms with Crippen LogP contribution >= 0.6 is 0 Å². The SMILES string of the molecule is COC(=O)C1CCCC1S(=O)(=O)NCC1CC2CCC1C2. The predicted octanol–water partition coefficient (Wildman–Crippen LogP) is 1.68. The Morgan fingerprint density at radius 3 is 2.62 bits per heavy atom. The van der Waals surface area contributed by atoms with Gasteiger partial charge >= 0.3 is 5.97 Å². The summed E-state index contributed by atoms with van der Waals surface area (Å²) in [6.07, 6.45) is 6.97. The fourth-order valence-electron chi connectivity index (χ4n) is 4.68. The lowest BCUT2D eigenvalue weighted by Gasteiger charge is -2.24. The van der Waals surface area contributed by atoms with Crippen molar-refractivity contribution < 1.29 is 17.9 Å². The average molecular weight is 315 g/mol. The van der Waals surface area contributed by atoms with E-state index in [9.17, 15) is 13.2 Å². The Bertz CT molecular complexity index is 504. The van der Waals surface area contributed by atoms with Gasteiger partial charge in [-0.15, -0.1) is 0 Å². The van der Waals surface area contributed by atoms with Crippen LogP contribution in [0.3, 0.4) is 0 Å². The van der Waals surface area contributed by atoms with E-state index in [-0.39, 0.29) is 5.97 Å². The maximum atomic E-state index is 12.5. The number of sulfonamides is 1. The predicted molar refractivity (Wildman–Crippen MR) is 79.0 cm³/mol. The minimum atomic E-state index is -3.42. The van der Waals surface area contributed by atoms with Crippen molar-refractivity contribution in [3.63, 3.8) is 0 Å². The Labute approximate surface area is 126 Å². The van der Waals surface area contributed by atoms with Gasteiger partial charge in [0, 0.05) is 6.54 Å². The van der Waals surface area contributed by atoms with Gasteiger partial charge in [0.2, 0.25) is 10.0 Å². The third-order valence-electron chi connectivity index (χ3n) is 5.79. The number of ether oxygens (including phenoxy) is 1. The van der Waals surface area contributed by atoms with Crippen LogP contribution in [0.15, 0.2) is 0 Å². The Kier molecular flexibility index (Phi) is 4.28. The molecule has 3 rings (SSSR count). The molecule has 6 heteroatoms. The first-order valence-electron chi connectivity index (χ1n) is 8.07. The number of carbonyl (C=O) groups excluding carboxylic acids is 1. The highest BCUT2D eigenvalue weighted by Crippen LogP contribution is 2.48. The van der Waals surface area contributed by atoms with E-state index in [1.807, 2.05) is 0 Å². The van der Waals surface area contributed by atoms with Crippen molar-refractivity contribution in [1.82, 2.24) is 4.72 Å². The Balaban J connectivity index is 1.60. The Hall–Kier alpha value is -0.620. The lowest BCUT2D eigenvalue weighted by molar-refractivity contribution is -0.145. The standard InChI is InChI=1S/C15H25NO4S/c1-20-15(17)13-3-2-4-14(13)21(18,19)16-9-12-8-10-5-6-11(12)7-10/h10-14,16H,2-9H2,1H3. The molecule has 0 aromatic carbocycles. The molecule has 0 aliphatic heterocycles. The number of carbonyl (C=O) groups is 1. The number of hydrogen-bond donors (Lipinski definition) is 1. The van der Waals surface area contributed by atoms with Gasteiger partial charge in [0.05, 0.1) is 18.3 Å². The summed E-state index contributed by atoms with van der Waals surface area (Å²) in [5.74, 6) is 1.14. The zero-order valence-electron chi connectivity index (χ0n) is 12.6. The van der Waals surface area contributed by atoms with Crippen molar-refractivity contribution >= 4 is 16.0 Å². The summed E-state index contributed by atoms with van der Waals surface area (Å²) in [5.41, 5.74) is 0. The molecule has 0 heterocycles. The van der Waals surface area contributed by atoms with E-state index in [2.05, 4.69) is 4.72 Å². The molecule has 0 amide bonds. The molecule has 5 unspecified atom stereocenters. The monoisotopic (exact) mass is 315 g/mol. The first kappa shape index (κ1) is 15.3. The van der Waals surface area contributed by atoms with Crippen LogP contribution in [-0.4, -0.2) is 33.3 Å². The van der Waals surface area contributed by atoms with E-state index in [0.29, 0.717) is 31.2 Å². The third-order valence-corrected chi connectivity index (χ3v) is 7.72. The first-order valence-corrected chi connectivity index (χ1v) is 9.62. The van der Waals surface area contributed by atoms with Crippen LogP contribution in [0.5, 0.6) is 0 Å². The lowest BCUT2D eigenvalue weighted by atomic mass is 9.89. The number of nitrogens with one attached hydrogen (secondary N) is 1. The molecule has 5 nitrogen and oxygen atoms in total. The van der Waals surface area contributed by atoms with E-state index in [1.54, 1.807) is 0 Å². The smallest absolute Gasteiger partial charge is 0.310 e. The largest absolute Gasteiger partial charge is 0.469 e. The molecule has 120 valence electrons. The van der Waals surface area contributed by atoms with Crippen LogP contribution < -0.4 is 4.72 Å². The first-order chi connectivity index (χ1) is 10.0. The van der Waals surface area contributed by atoms with Gasteiger partial charge in [0.25, 0.3) is 0 Å². The minimum Gasteiger partial charge on any atom is -0.469 e.